The van der Waals surface area contributed by atoms with Crippen molar-refractivity contribution in [2.75, 3.05) is 0 Å². The van der Waals surface area contributed by atoms with E-state index in [4.69, 9.17) is 0 Å². The normalized spacial score (nSPS) is 21.6. The molecule has 6 aromatic carbocycles. The van der Waals surface area contributed by atoms with Crippen molar-refractivity contribution in [1.29, 1.82) is 0 Å². The lowest BCUT2D eigenvalue weighted by Crippen LogP contribution is -2.27. The summed E-state index contributed by atoms with van der Waals surface area (Å²) < 4.78 is 0. The molecular weight excluding hydrogens is 661 g/mol. The first-order chi connectivity index (χ1) is 27.1. The van der Waals surface area contributed by atoms with E-state index in [-0.39, 0.29) is 5.41 Å². The van der Waals surface area contributed by atoms with Crippen LogP contribution in [0.25, 0.3) is 65.7 Å². The average molecular weight is 705 g/mol. The number of allylic oxidation sites excluding steroid dienone is 14. The van der Waals surface area contributed by atoms with Crippen molar-refractivity contribution >= 4 is 43.5 Å². The van der Waals surface area contributed by atoms with Gasteiger partial charge < -0.3 is 0 Å². The first-order valence-electron chi connectivity index (χ1n) is 20.6. The van der Waals surface area contributed by atoms with E-state index in [9.17, 15) is 0 Å². The molecule has 0 fully saturated rings. The molecule has 0 saturated heterocycles. The van der Waals surface area contributed by atoms with E-state index in [0.717, 1.165) is 32.1 Å². The molecule has 0 heteroatoms. The summed E-state index contributed by atoms with van der Waals surface area (Å²) in [5.74, 6) is 0.857. The van der Waals surface area contributed by atoms with Gasteiger partial charge in [0.05, 0.1) is 0 Å². The fraction of sp³-hybridized carbons (Fsp3) is 0.200. The van der Waals surface area contributed by atoms with Gasteiger partial charge in [-0.05, 0) is 173 Å². The van der Waals surface area contributed by atoms with Crippen LogP contribution in [0, 0.1) is 11.8 Å². The predicted octanol–water partition coefficient (Wildman–Crippen LogP) is 14.8. The van der Waals surface area contributed by atoms with Crippen LogP contribution in [0.1, 0.15) is 74.6 Å². The van der Waals surface area contributed by atoms with Crippen molar-refractivity contribution in [2.45, 2.75) is 57.8 Å². The van der Waals surface area contributed by atoms with Crippen LogP contribution in [-0.4, -0.2) is 0 Å². The quantitative estimate of drug-likeness (QED) is 0.161. The summed E-state index contributed by atoms with van der Waals surface area (Å²) in [6.07, 6.45) is 26.6. The second-order valence-electron chi connectivity index (χ2n) is 17.2. The zero-order valence-electron chi connectivity index (χ0n) is 31.8. The first kappa shape index (κ1) is 31.6. The van der Waals surface area contributed by atoms with Gasteiger partial charge in [-0.25, -0.2) is 0 Å². The summed E-state index contributed by atoms with van der Waals surface area (Å²) in [4.78, 5) is 0. The second-order valence-corrected chi connectivity index (χ2v) is 17.2. The van der Waals surface area contributed by atoms with Gasteiger partial charge >= 0.3 is 0 Å². The Morgan fingerprint density at radius 2 is 1.31 bits per heavy atom. The van der Waals surface area contributed by atoms with Crippen LogP contribution in [0.5, 0.6) is 0 Å². The molecule has 55 heavy (non-hydrogen) atoms. The summed E-state index contributed by atoms with van der Waals surface area (Å²) in [6.45, 7) is 4.78. The van der Waals surface area contributed by atoms with Crippen LogP contribution in [0.4, 0.5) is 0 Å². The van der Waals surface area contributed by atoms with Crippen LogP contribution >= 0.6 is 0 Å². The van der Waals surface area contributed by atoms with Gasteiger partial charge in [-0.3, -0.25) is 0 Å². The molecule has 6 aliphatic rings. The minimum atomic E-state index is -0.0318. The Labute approximate surface area is 324 Å². The lowest BCUT2D eigenvalue weighted by atomic mass is 9.63. The molecule has 0 aromatic heterocycles. The zero-order valence-corrected chi connectivity index (χ0v) is 31.8. The highest BCUT2D eigenvalue weighted by molar-refractivity contribution is 6.22. The minimum Gasteiger partial charge on any atom is -0.0842 e. The molecule has 0 N–H and O–H groups in total. The van der Waals surface area contributed by atoms with Gasteiger partial charge in [0.15, 0.2) is 0 Å². The fourth-order valence-electron chi connectivity index (χ4n) is 11.5. The highest BCUT2D eigenvalue weighted by Gasteiger charge is 2.43. The summed E-state index contributed by atoms with van der Waals surface area (Å²) in [6, 6.07) is 37.9. The van der Waals surface area contributed by atoms with E-state index in [1.165, 1.54) is 106 Å². The highest BCUT2D eigenvalue weighted by atomic mass is 14.5. The van der Waals surface area contributed by atoms with Gasteiger partial charge in [-0.15, -0.1) is 0 Å². The van der Waals surface area contributed by atoms with Crippen molar-refractivity contribution in [3.63, 3.8) is 0 Å². The van der Waals surface area contributed by atoms with Crippen LogP contribution in [0.3, 0.4) is 0 Å². The third-order valence-corrected chi connectivity index (χ3v) is 14.0. The van der Waals surface area contributed by atoms with Crippen molar-refractivity contribution < 1.29 is 0 Å². The molecule has 0 heterocycles. The van der Waals surface area contributed by atoms with E-state index in [2.05, 4.69) is 160 Å². The van der Waals surface area contributed by atoms with Gasteiger partial charge in [-0.2, -0.15) is 0 Å². The maximum Gasteiger partial charge on any atom is 0.0168 e. The van der Waals surface area contributed by atoms with Gasteiger partial charge in [0.2, 0.25) is 0 Å². The largest absolute Gasteiger partial charge is 0.0842 e. The molecule has 0 radical (unpaired) electrons. The van der Waals surface area contributed by atoms with E-state index in [0.29, 0.717) is 11.8 Å². The fourth-order valence-corrected chi connectivity index (χ4v) is 11.5. The molecule has 0 saturated carbocycles. The molecule has 0 bridgehead atoms. The number of hydrogen-bond acceptors (Lipinski definition) is 0. The van der Waals surface area contributed by atoms with Gasteiger partial charge in [-0.1, -0.05) is 141 Å². The smallest absolute Gasteiger partial charge is 0.0168 e. The second kappa shape index (κ2) is 11.6. The van der Waals surface area contributed by atoms with E-state index < -0.39 is 0 Å². The lowest BCUT2D eigenvalue weighted by molar-refractivity contribution is 0.481. The molecular formula is C55H44. The maximum atomic E-state index is 2.55. The molecule has 0 aliphatic heterocycles. The van der Waals surface area contributed by atoms with Gasteiger partial charge in [0.1, 0.15) is 0 Å². The Morgan fingerprint density at radius 1 is 0.527 bits per heavy atom. The van der Waals surface area contributed by atoms with E-state index in [1.807, 2.05) is 0 Å². The van der Waals surface area contributed by atoms with Crippen molar-refractivity contribution in [1.82, 2.24) is 0 Å². The molecule has 12 rings (SSSR count). The third kappa shape index (κ3) is 4.40. The van der Waals surface area contributed by atoms with Crippen LogP contribution in [-0.2, 0) is 5.41 Å². The molecule has 0 amide bonds. The molecule has 2 atom stereocenters. The average Bonchev–Trinajstić information content (AvgIpc) is 3.68. The molecule has 6 aliphatic carbocycles. The van der Waals surface area contributed by atoms with Crippen LogP contribution < -0.4 is 0 Å². The summed E-state index contributed by atoms with van der Waals surface area (Å²) in [5, 5.41) is 8.09. The number of hydrogen-bond donors (Lipinski definition) is 0. The maximum absolute atomic E-state index is 2.55. The Morgan fingerprint density at radius 3 is 2.18 bits per heavy atom. The molecule has 6 aromatic rings. The topological polar surface area (TPSA) is 0 Å². The first-order valence-corrected chi connectivity index (χ1v) is 20.6. The van der Waals surface area contributed by atoms with E-state index >= 15 is 0 Å². The standard InChI is InChI=1S/C55H44/c1-55(2)48-23-12-11-18-39(48)47-31-37-27-25-33-24-26-36(30-45(33)46(37)32-49(47)55)38-28-29-44-52-40(38)21-13-22-43(52)53-50(34-14-5-3-6-15-34)41-19-9-10-20-42(41)51(54(44)53)35-16-7-4-8-17-35/h5,7,9,11-19,21-32,42,51H,3-4,6,8,10,20H2,1-2H3. The summed E-state index contributed by atoms with van der Waals surface area (Å²) in [7, 11) is 0. The monoisotopic (exact) mass is 704 g/mol. The van der Waals surface area contributed by atoms with E-state index in [1.54, 1.807) is 11.1 Å². The van der Waals surface area contributed by atoms with Gasteiger partial charge in [0, 0.05) is 11.3 Å². The SMILES string of the molecule is CC1(C)c2ccccc2-c2cc3ccc4ccc(-c5ccc6c7c(cccc57)C5=C6C(C6=CCCC=C6)C6CCC=CC6=C5C5=CCCC=C5)cc4c3cc21. The Bertz CT molecular complexity index is 2940. The number of rotatable bonds is 3. The Kier molecular flexibility index (Phi) is 6.69. The van der Waals surface area contributed by atoms with Crippen molar-refractivity contribution in [2.24, 2.45) is 11.8 Å². The molecule has 0 nitrogen and oxygen atoms in total. The predicted molar refractivity (Wildman–Crippen MR) is 234 cm³/mol. The number of benzene rings is 6. The Hall–Kier alpha value is -5.72. The molecule has 264 valence electrons. The zero-order chi connectivity index (χ0) is 36.4. The summed E-state index contributed by atoms with van der Waals surface area (Å²) >= 11 is 0. The third-order valence-electron chi connectivity index (χ3n) is 14.0. The van der Waals surface area contributed by atoms with Crippen LogP contribution in [0.15, 0.2) is 168 Å². The molecule has 0 spiro atoms. The highest BCUT2D eigenvalue weighted by Crippen LogP contribution is 2.60. The van der Waals surface area contributed by atoms with Crippen LogP contribution in [0.2, 0.25) is 0 Å². The van der Waals surface area contributed by atoms with Crippen molar-refractivity contribution in [3.05, 3.63) is 190 Å². The lowest BCUT2D eigenvalue weighted by Gasteiger charge is -2.40. The summed E-state index contributed by atoms with van der Waals surface area (Å²) in [5.41, 5.74) is 20.1. The van der Waals surface area contributed by atoms with Gasteiger partial charge in [0.25, 0.3) is 0 Å². The minimum absolute atomic E-state index is 0.0318. The molecule has 2 unspecified atom stereocenters. The van der Waals surface area contributed by atoms with Crippen molar-refractivity contribution in [3.8, 4) is 22.3 Å². The number of fused-ring (bicyclic) bond motifs is 9. The Balaban J connectivity index is 1.07.